The molecule has 0 aromatic heterocycles. The number of hydrogen-bond acceptors (Lipinski definition) is 6. The SMILES string of the molecule is CN(C)CCCCC(NC(=O)Nc1ccc(N(C)C)cc1)c1ccc(C(=O)Nc2ccccc2NC(=O)OC(C)(C)C)cc1. The molecule has 0 aliphatic carbocycles. The van der Waals surface area contributed by atoms with E-state index < -0.39 is 11.7 Å². The molecule has 3 aromatic rings. The Morgan fingerprint density at radius 2 is 1.39 bits per heavy atom. The van der Waals surface area contributed by atoms with Gasteiger partial charge in [-0.05, 0) is 115 Å². The fourth-order valence-electron chi connectivity index (χ4n) is 4.44. The lowest BCUT2D eigenvalue weighted by molar-refractivity contribution is 0.0635. The number of para-hydroxylation sites is 2. The number of unbranched alkanes of at least 4 members (excludes halogenated alkanes) is 1. The molecule has 4 amide bonds. The molecule has 0 fully saturated rings. The first kappa shape index (κ1) is 33.9. The average molecular weight is 603 g/mol. The van der Waals surface area contributed by atoms with Crippen molar-refractivity contribution in [3.63, 3.8) is 0 Å². The van der Waals surface area contributed by atoms with Crippen LogP contribution in [0.4, 0.5) is 32.3 Å². The summed E-state index contributed by atoms with van der Waals surface area (Å²) >= 11 is 0. The van der Waals surface area contributed by atoms with Gasteiger partial charge < -0.3 is 30.5 Å². The fourth-order valence-corrected chi connectivity index (χ4v) is 4.44. The van der Waals surface area contributed by atoms with Crippen LogP contribution in [0.25, 0.3) is 0 Å². The van der Waals surface area contributed by atoms with Crippen LogP contribution >= 0.6 is 0 Å². The fraction of sp³-hybridized carbons (Fsp3) is 0.382. The van der Waals surface area contributed by atoms with E-state index in [4.69, 9.17) is 4.74 Å². The Labute approximate surface area is 261 Å². The highest BCUT2D eigenvalue weighted by Gasteiger charge is 2.19. The van der Waals surface area contributed by atoms with Gasteiger partial charge in [0.05, 0.1) is 17.4 Å². The Morgan fingerprint density at radius 3 is 1.95 bits per heavy atom. The maximum absolute atomic E-state index is 13.1. The van der Waals surface area contributed by atoms with Crippen LogP contribution in [-0.4, -0.2) is 63.3 Å². The Morgan fingerprint density at radius 1 is 0.773 bits per heavy atom. The summed E-state index contributed by atoms with van der Waals surface area (Å²) in [5.41, 5.74) is 3.31. The summed E-state index contributed by atoms with van der Waals surface area (Å²) in [6.45, 7) is 6.30. The zero-order valence-corrected chi connectivity index (χ0v) is 26.9. The molecule has 0 bridgehead atoms. The largest absolute Gasteiger partial charge is 0.444 e. The third-order valence-electron chi connectivity index (χ3n) is 6.68. The summed E-state index contributed by atoms with van der Waals surface area (Å²) in [6.07, 6.45) is 2.05. The van der Waals surface area contributed by atoms with E-state index >= 15 is 0 Å². The number of nitrogens with zero attached hydrogens (tertiary/aromatic N) is 2. The van der Waals surface area contributed by atoms with Gasteiger partial charge >= 0.3 is 12.1 Å². The van der Waals surface area contributed by atoms with Crippen molar-refractivity contribution in [2.24, 2.45) is 0 Å². The van der Waals surface area contributed by atoms with Crippen molar-refractivity contribution < 1.29 is 19.1 Å². The van der Waals surface area contributed by atoms with Crippen molar-refractivity contribution in [3.8, 4) is 0 Å². The van der Waals surface area contributed by atoms with Crippen molar-refractivity contribution in [1.29, 1.82) is 0 Å². The molecule has 236 valence electrons. The molecule has 1 atom stereocenters. The Balaban J connectivity index is 1.69. The summed E-state index contributed by atoms with van der Waals surface area (Å²) in [5, 5.41) is 11.6. The van der Waals surface area contributed by atoms with Gasteiger partial charge in [-0.2, -0.15) is 0 Å². The van der Waals surface area contributed by atoms with Crippen LogP contribution < -0.4 is 26.2 Å². The molecule has 0 heterocycles. The molecule has 0 spiro atoms. The lowest BCUT2D eigenvalue weighted by Gasteiger charge is -2.21. The van der Waals surface area contributed by atoms with Crippen LogP contribution in [0.3, 0.4) is 0 Å². The molecule has 0 aliphatic heterocycles. The zero-order chi connectivity index (χ0) is 32.3. The summed E-state index contributed by atoms with van der Waals surface area (Å²) in [4.78, 5) is 42.6. The van der Waals surface area contributed by atoms with Gasteiger partial charge in [0.15, 0.2) is 0 Å². The van der Waals surface area contributed by atoms with Gasteiger partial charge in [-0.25, -0.2) is 9.59 Å². The third kappa shape index (κ3) is 11.3. The maximum atomic E-state index is 13.1. The molecule has 3 rings (SSSR count). The Bertz CT molecular complexity index is 1380. The molecule has 0 radical (unpaired) electrons. The first-order chi connectivity index (χ1) is 20.8. The predicted molar refractivity (Wildman–Crippen MR) is 179 cm³/mol. The summed E-state index contributed by atoms with van der Waals surface area (Å²) in [7, 11) is 8.02. The first-order valence-electron chi connectivity index (χ1n) is 14.8. The van der Waals surface area contributed by atoms with Crippen molar-refractivity contribution in [2.45, 2.75) is 51.7 Å². The van der Waals surface area contributed by atoms with Crippen molar-refractivity contribution in [1.82, 2.24) is 10.2 Å². The van der Waals surface area contributed by atoms with Crippen LogP contribution in [-0.2, 0) is 4.74 Å². The summed E-state index contributed by atoms with van der Waals surface area (Å²) in [5.74, 6) is -0.329. The van der Waals surface area contributed by atoms with Crippen LogP contribution in [0.15, 0.2) is 72.8 Å². The van der Waals surface area contributed by atoms with Gasteiger partial charge in [-0.3, -0.25) is 10.1 Å². The molecule has 4 N–H and O–H groups in total. The van der Waals surface area contributed by atoms with Crippen LogP contribution in [0, 0.1) is 0 Å². The highest BCUT2D eigenvalue weighted by Crippen LogP contribution is 2.25. The quantitative estimate of drug-likeness (QED) is 0.167. The Kier molecular flexibility index (Phi) is 12.2. The molecule has 10 heteroatoms. The van der Waals surface area contributed by atoms with Crippen LogP contribution in [0.5, 0.6) is 0 Å². The molecular weight excluding hydrogens is 556 g/mol. The molecule has 3 aromatic carbocycles. The molecule has 0 aliphatic rings. The van der Waals surface area contributed by atoms with Gasteiger partial charge in [0.2, 0.25) is 0 Å². The smallest absolute Gasteiger partial charge is 0.412 e. The Hall–Kier alpha value is -4.57. The second-order valence-electron chi connectivity index (χ2n) is 12.1. The topological polar surface area (TPSA) is 115 Å². The van der Waals surface area contributed by atoms with E-state index in [2.05, 4.69) is 26.2 Å². The van der Waals surface area contributed by atoms with Crippen molar-refractivity contribution >= 4 is 40.8 Å². The lowest BCUT2D eigenvalue weighted by atomic mass is 9.99. The molecule has 10 nitrogen and oxygen atoms in total. The highest BCUT2D eigenvalue weighted by atomic mass is 16.6. The first-order valence-corrected chi connectivity index (χ1v) is 14.8. The van der Waals surface area contributed by atoms with E-state index in [1.54, 1.807) is 57.2 Å². The number of rotatable bonds is 12. The van der Waals surface area contributed by atoms with Crippen molar-refractivity contribution in [3.05, 3.63) is 83.9 Å². The molecule has 1 unspecified atom stereocenters. The van der Waals surface area contributed by atoms with Crippen LogP contribution in [0.2, 0.25) is 0 Å². The highest BCUT2D eigenvalue weighted by molar-refractivity contribution is 6.06. The normalized spacial score (nSPS) is 11.8. The van der Waals surface area contributed by atoms with Crippen molar-refractivity contribution in [2.75, 3.05) is 55.6 Å². The van der Waals surface area contributed by atoms with Gasteiger partial charge in [0.25, 0.3) is 5.91 Å². The van der Waals surface area contributed by atoms with E-state index in [9.17, 15) is 14.4 Å². The number of anilines is 4. The average Bonchev–Trinajstić information content (AvgIpc) is 2.95. The van der Waals surface area contributed by atoms with Gasteiger partial charge in [0.1, 0.15) is 5.60 Å². The van der Waals surface area contributed by atoms with Gasteiger partial charge in [-0.1, -0.05) is 24.3 Å². The van der Waals surface area contributed by atoms with E-state index in [-0.39, 0.29) is 18.0 Å². The van der Waals surface area contributed by atoms with E-state index in [1.807, 2.05) is 69.5 Å². The number of amides is 4. The third-order valence-corrected chi connectivity index (χ3v) is 6.68. The number of hydrogen-bond donors (Lipinski definition) is 4. The minimum absolute atomic E-state index is 0.242. The minimum atomic E-state index is -0.651. The molecule has 44 heavy (non-hydrogen) atoms. The number of benzene rings is 3. The number of urea groups is 1. The number of carbonyl (C=O) groups is 3. The number of carbonyl (C=O) groups excluding carboxylic acids is 3. The maximum Gasteiger partial charge on any atom is 0.412 e. The zero-order valence-electron chi connectivity index (χ0n) is 26.9. The summed E-state index contributed by atoms with van der Waals surface area (Å²) < 4.78 is 5.34. The molecule has 0 saturated heterocycles. The van der Waals surface area contributed by atoms with E-state index in [1.165, 1.54) is 0 Å². The van der Waals surface area contributed by atoms with E-state index in [0.29, 0.717) is 22.6 Å². The van der Waals surface area contributed by atoms with Gasteiger partial charge in [-0.15, -0.1) is 0 Å². The standard InChI is InChI=1S/C34H46N6O4/c1-34(2,3)44-33(43)38-30-14-9-8-13-29(30)36-31(41)25-17-15-24(16-18-25)28(12-10-11-23-39(4)5)37-32(42)35-26-19-21-27(22-20-26)40(6)7/h8-9,13-22,28H,10-12,23H2,1-7H3,(H,36,41)(H,38,43)(H2,35,37,42). The number of nitrogens with one attached hydrogen (secondary N) is 4. The second kappa shape index (κ2) is 15.8. The minimum Gasteiger partial charge on any atom is -0.444 e. The van der Waals surface area contributed by atoms with Crippen LogP contribution in [0.1, 0.15) is 62.0 Å². The lowest BCUT2D eigenvalue weighted by Crippen LogP contribution is -2.32. The number of ether oxygens (including phenoxy) is 1. The predicted octanol–water partition coefficient (Wildman–Crippen LogP) is 6.95. The summed E-state index contributed by atoms with van der Waals surface area (Å²) in [6, 6.07) is 21.2. The molecular formula is C34H46N6O4. The second-order valence-corrected chi connectivity index (χ2v) is 12.1. The van der Waals surface area contributed by atoms with E-state index in [0.717, 1.165) is 37.1 Å². The monoisotopic (exact) mass is 602 g/mol. The molecule has 0 saturated carbocycles. The van der Waals surface area contributed by atoms with Gasteiger partial charge in [0, 0.05) is 31.0 Å².